The van der Waals surface area contributed by atoms with Crippen LogP contribution in [0.25, 0.3) is 0 Å². The van der Waals surface area contributed by atoms with Gasteiger partial charge in [0.15, 0.2) is 5.75 Å². The average Bonchev–Trinajstić information content (AvgIpc) is 2.85. The Labute approximate surface area is 116 Å². The molecule has 0 aliphatic heterocycles. The lowest BCUT2D eigenvalue weighted by Gasteiger charge is -2.29. The van der Waals surface area contributed by atoms with Gasteiger partial charge in [-0.15, -0.1) is 0 Å². The van der Waals surface area contributed by atoms with Crippen LogP contribution in [-0.4, -0.2) is 29.0 Å². The number of ether oxygens (including phenoxy) is 1. The van der Waals surface area contributed by atoms with Crippen molar-refractivity contribution < 1.29 is 4.74 Å². The Morgan fingerprint density at radius 3 is 2.89 bits per heavy atom. The van der Waals surface area contributed by atoms with Gasteiger partial charge in [0.05, 0.1) is 12.4 Å². The maximum atomic E-state index is 5.72. The van der Waals surface area contributed by atoms with E-state index in [4.69, 9.17) is 4.74 Å². The molecule has 0 amide bonds. The van der Waals surface area contributed by atoms with Crippen molar-refractivity contribution in [2.45, 2.75) is 58.5 Å². The zero-order valence-corrected chi connectivity index (χ0v) is 12.4. The predicted octanol–water partition coefficient (Wildman–Crippen LogP) is 3.01. The quantitative estimate of drug-likeness (QED) is 0.804. The fraction of sp³-hybridized carbons (Fsp3) is 0.800. The Morgan fingerprint density at radius 1 is 1.42 bits per heavy atom. The summed E-state index contributed by atoms with van der Waals surface area (Å²) < 4.78 is 7.64. The third-order valence-corrected chi connectivity index (χ3v) is 4.00. The molecule has 1 heterocycles. The zero-order chi connectivity index (χ0) is 13.7. The highest BCUT2D eigenvalue weighted by atomic mass is 16.5. The Morgan fingerprint density at radius 2 is 2.21 bits per heavy atom. The lowest BCUT2D eigenvalue weighted by Crippen LogP contribution is -2.39. The summed E-state index contributed by atoms with van der Waals surface area (Å²) >= 11 is 0. The summed E-state index contributed by atoms with van der Waals surface area (Å²) in [5.41, 5.74) is 0. The molecule has 0 radical (unpaired) electrons. The zero-order valence-electron chi connectivity index (χ0n) is 12.4. The number of aromatic nitrogens is 2. The summed E-state index contributed by atoms with van der Waals surface area (Å²) in [6.07, 6.45) is 9.19. The third-order valence-electron chi connectivity index (χ3n) is 4.00. The van der Waals surface area contributed by atoms with Gasteiger partial charge >= 0.3 is 0 Å². The molecule has 19 heavy (non-hydrogen) atoms. The van der Waals surface area contributed by atoms with Crippen LogP contribution in [0.4, 0.5) is 0 Å². The lowest BCUT2D eigenvalue weighted by atomic mass is 9.86. The van der Waals surface area contributed by atoms with Crippen molar-refractivity contribution in [3.63, 3.8) is 0 Å². The smallest absolute Gasteiger partial charge is 0.157 e. The maximum absolute atomic E-state index is 5.72. The molecule has 4 heteroatoms. The second-order valence-electron chi connectivity index (χ2n) is 5.92. The van der Waals surface area contributed by atoms with Crippen molar-refractivity contribution in [3.05, 3.63) is 12.4 Å². The van der Waals surface area contributed by atoms with Crippen LogP contribution in [0.15, 0.2) is 12.4 Å². The van der Waals surface area contributed by atoms with E-state index in [-0.39, 0.29) is 0 Å². The van der Waals surface area contributed by atoms with E-state index in [1.807, 2.05) is 10.9 Å². The van der Waals surface area contributed by atoms with E-state index in [9.17, 15) is 0 Å². The minimum atomic E-state index is 0.388. The van der Waals surface area contributed by atoms with Crippen LogP contribution in [0.5, 0.6) is 5.75 Å². The van der Waals surface area contributed by atoms with Gasteiger partial charge in [0.1, 0.15) is 6.61 Å². The largest absolute Gasteiger partial charge is 0.489 e. The highest BCUT2D eigenvalue weighted by molar-refractivity contribution is 5.11. The number of hydrogen-bond acceptors (Lipinski definition) is 3. The summed E-state index contributed by atoms with van der Waals surface area (Å²) in [6, 6.07) is 1.06. The van der Waals surface area contributed by atoms with Gasteiger partial charge in [0.2, 0.25) is 0 Å². The first-order valence-electron chi connectivity index (χ1n) is 7.57. The lowest BCUT2D eigenvalue weighted by molar-refractivity contribution is 0.251. The molecule has 0 aromatic carbocycles. The molecular weight excluding hydrogens is 238 g/mol. The Bertz CT molecular complexity index is 375. The molecule has 0 spiro atoms. The molecule has 1 aromatic heterocycles. The molecule has 0 bridgehead atoms. The molecule has 1 aliphatic carbocycles. The number of nitrogens with zero attached hydrogens (tertiary/aromatic N) is 2. The molecule has 1 aromatic rings. The Hall–Kier alpha value is -1.03. The molecule has 0 saturated heterocycles. The van der Waals surface area contributed by atoms with Crippen LogP contribution in [0.2, 0.25) is 0 Å². The first-order valence-corrected chi connectivity index (χ1v) is 7.57. The van der Waals surface area contributed by atoms with Crippen molar-refractivity contribution in [1.29, 1.82) is 0 Å². The van der Waals surface area contributed by atoms with Crippen LogP contribution in [-0.2, 0) is 0 Å². The van der Waals surface area contributed by atoms with E-state index in [0.717, 1.165) is 18.2 Å². The van der Waals surface area contributed by atoms with E-state index >= 15 is 0 Å². The second-order valence-corrected chi connectivity index (χ2v) is 5.92. The molecule has 2 atom stereocenters. The molecule has 108 valence electrons. The van der Waals surface area contributed by atoms with Crippen molar-refractivity contribution in [3.8, 4) is 5.75 Å². The third kappa shape index (κ3) is 4.23. The molecule has 2 rings (SSSR count). The average molecular weight is 265 g/mol. The summed E-state index contributed by atoms with van der Waals surface area (Å²) in [5, 5.41) is 7.89. The first kappa shape index (κ1) is 14.4. The summed E-state index contributed by atoms with van der Waals surface area (Å²) in [6.45, 7) is 8.21. The summed E-state index contributed by atoms with van der Waals surface area (Å²) in [5.74, 6) is 1.67. The number of hydrogen-bond donors (Lipinski definition) is 1. The van der Waals surface area contributed by atoms with Crippen molar-refractivity contribution in [1.82, 2.24) is 15.1 Å². The number of nitrogens with one attached hydrogen (secondary N) is 1. The summed E-state index contributed by atoms with van der Waals surface area (Å²) in [7, 11) is 0. The van der Waals surface area contributed by atoms with Gasteiger partial charge in [0.25, 0.3) is 0 Å². The van der Waals surface area contributed by atoms with Crippen molar-refractivity contribution in [2.75, 3.05) is 13.2 Å². The highest BCUT2D eigenvalue weighted by Gasteiger charge is 2.20. The number of rotatable bonds is 6. The van der Waals surface area contributed by atoms with Crippen LogP contribution >= 0.6 is 0 Å². The monoisotopic (exact) mass is 265 g/mol. The molecule has 4 nitrogen and oxygen atoms in total. The van der Waals surface area contributed by atoms with Gasteiger partial charge in [-0.25, -0.2) is 0 Å². The van der Waals surface area contributed by atoms with Gasteiger partial charge < -0.3 is 10.1 Å². The van der Waals surface area contributed by atoms with Crippen molar-refractivity contribution >= 4 is 0 Å². The fourth-order valence-corrected chi connectivity index (χ4v) is 2.71. The van der Waals surface area contributed by atoms with Crippen LogP contribution in [0.1, 0.15) is 52.5 Å². The minimum Gasteiger partial charge on any atom is -0.489 e. The molecule has 1 fully saturated rings. The van der Waals surface area contributed by atoms with E-state index < -0.39 is 0 Å². The molecule has 1 N–H and O–H groups in total. The molecule has 1 aliphatic rings. The van der Waals surface area contributed by atoms with Crippen molar-refractivity contribution in [2.24, 2.45) is 5.92 Å². The summed E-state index contributed by atoms with van der Waals surface area (Å²) in [4.78, 5) is 0. The SMILES string of the molecule is CC1CCCCC1NCCOc1cnn(C(C)C)c1. The second kappa shape index (κ2) is 6.94. The van der Waals surface area contributed by atoms with E-state index in [1.54, 1.807) is 6.20 Å². The van der Waals surface area contributed by atoms with Gasteiger partial charge in [-0.05, 0) is 32.6 Å². The highest BCUT2D eigenvalue weighted by Crippen LogP contribution is 2.23. The molecule has 2 unspecified atom stereocenters. The normalized spacial score (nSPS) is 23.8. The van der Waals surface area contributed by atoms with Gasteiger partial charge in [-0.3, -0.25) is 4.68 Å². The topological polar surface area (TPSA) is 39.1 Å². The van der Waals surface area contributed by atoms with E-state index in [1.165, 1.54) is 25.7 Å². The molecular formula is C15H27N3O. The van der Waals surface area contributed by atoms with E-state index in [0.29, 0.717) is 18.7 Å². The Kier molecular flexibility index (Phi) is 5.25. The Balaban J connectivity index is 1.65. The van der Waals surface area contributed by atoms with E-state index in [2.05, 4.69) is 31.2 Å². The first-order chi connectivity index (χ1) is 9.16. The van der Waals surface area contributed by atoms with Crippen LogP contribution < -0.4 is 10.1 Å². The van der Waals surface area contributed by atoms with Crippen LogP contribution in [0.3, 0.4) is 0 Å². The predicted molar refractivity (Wildman–Crippen MR) is 77.5 cm³/mol. The van der Waals surface area contributed by atoms with Crippen LogP contribution in [0, 0.1) is 5.92 Å². The molecule has 1 saturated carbocycles. The van der Waals surface area contributed by atoms with Gasteiger partial charge in [-0.1, -0.05) is 19.8 Å². The van der Waals surface area contributed by atoms with Gasteiger partial charge in [-0.2, -0.15) is 5.10 Å². The maximum Gasteiger partial charge on any atom is 0.157 e. The van der Waals surface area contributed by atoms with Gasteiger partial charge in [0, 0.05) is 18.6 Å². The fourth-order valence-electron chi connectivity index (χ4n) is 2.71. The minimum absolute atomic E-state index is 0.388. The standard InChI is InChI=1S/C15H27N3O/c1-12(2)18-11-14(10-17-18)19-9-8-16-15-7-5-4-6-13(15)3/h10-13,15-16H,4-9H2,1-3H3.